The van der Waals surface area contributed by atoms with Gasteiger partial charge in [0.25, 0.3) is 0 Å². The van der Waals surface area contributed by atoms with Crippen LogP contribution in [-0.4, -0.2) is 70.7 Å². The number of hydrogen-bond donors (Lipinski definition) is 1. The normalized spacial score (nSPS) is 25.3. The molecular formula is C24H39N3O5S. The number of unbranched alkanes of at least 4 members (excludes halogenated alkanes) is 3. The number of thioether (sulfide) groups is 1. The Kier molecular flexibility index (Phi) is 10.4. The number of hydrogen-bond acceptors (Lipinski definition) is 8. The lowest BCUT2D eigenvalue weighted by atomic mass is 10.0. The van der Waals surface area contributed by atoms with E-state index in [0.29, 0.717) is 32.1 Å². The van der Waals surface area contributed by atoms with Crippen LogP contribution in [0.2, 0.25) is 0 Å². The molecule has 0 saturated carbocycles. The van der Waals surface area contributed by atoms with Crippen molar-refractivity contribution in [3.05, 3.63) is 24.2 Å². The highest BCUT2D eigenvalue weighted by Crippen LogP contribution is 2.42. The maximum atomic E-state index is 12.0. The lowest BCUT2D eigenvalue weighted by molar-refractivity contribution is -0.253. The summed E-state index contributed by atoms with van der Waals surface area (Å²) in [6.07, 6.45) is 7.72. The molecule has 0 bridgehead atoms. The summed E-state index contributed by atoms with van der Waals surface area (Å²) >= 11 is 1.53. The fraction of sp³-hybridized carbons (Fsp3) is 0.750. The molecule has 1 aliphatic heterocycles. The monoisotopic (exact) mass is 481 g/mol. The number of aromatic nitrogens is 3. The predicted octanol–water partition coefficient (Wildman–Crippen LogP) is 4.18. The largest absolute Gasteiger partial charge is 0.379 e. The minimum Gasteiger partial charge on any atom is -0.379 e. The third kappa shape index (κ3) is 6.07. The molecule has 0 aromatic carbocycles. The van der Waals surface area contributed by atoms with Crippen LogP contribution in [0.3, 0.4) is 0 Å². The fourth-order valence-corrected chi connectivity index (χ4v) is 4.54. The van der Waals surface area contributed by atoms with E-state index >= 15 is 0 Å². The molecule has 3 heterocycles. The van der Waals surface area contributed by atoms with Crippen molar-refractivity contribution in [3.8, 4) is 0 Å². The first-order chi connectivity index (χ1) is 16.1. The summed E-state index contributed by atoms with van der Waals surface area (Å²) in [4.78, 5) is 4.34. The smallest absolute Gasteiger partial charge is 0.240 e. The van der Waals surface area contributed by atoms with Gasteiger partial charge in [0.05, 0.1) is 12.1 Å². The lowest BCUT2D eigenvalue weighted by Gasteiger charge is -2.30. The summed E-state index contributed by atoms with van der Waals surface area (Å²) in [7, 11) is 0. The maximum absolute atomic E-state index is 12.0. The van der Waals surface area contributed by atoms with Gasteiger partial charge in [0.2, 0.25) is 5.79 Å². The Hall–Kier alpha value is -1.23. The van der Waals surface area contributed by atoms with E-state index in [1.165, 1.54) is 18.1 Å². The van der Waals surface area contributed by atoms with Crippen molar-refractivity contribution in [2.75, 3.05) is 32.7 Å². The Morgan fingerprint density at radius 3 is 2.45 bits per heavy atom. The maximum Gasteiger partial charge on any atom is 0.240 e. The highest BCUT2D eigenvalue weighted by atomic mass is 32.2. The van der Waals surface area contributed by atoms with E-state index < -0.39 is 24.1 Å². The molecular weight excluding hydrogens is 442 g/mol. The van der Waals surface area contributed by atoms with Crippen molar-refractivity contribution < 1.29 is 24.1 Å². The molecule has 2 aromatic heterocycles. The van der Waals surface area contributed by atoms with Crippen LogP contribution in [0.25, 0.3) is 5.52 Å². The van der Waals surface area contributed by atoms with Gasteiger partial charge in [-0.25, -0.2) is 9.50 Å². The van der Waals surface area contributed by atoms with Gasteiger partial charge in [-0.15, -0.1) is 11.8 Å². The van der Waals surface area contributed by atoms with Crippen molar-refractivity contribution in [1.82, 2.24) is 14.6 Å². The molecule has 2 aromatic rings. The summed E-state index contributed by atoms with van der Waals surface area (Å²) in [5.74, 6) is -1.72. The van der Waals surface area contributed by atoms with Crippen LogP contribution >= 0.6 is 11.8 Å². The van der Waals surface area contributed by atoms with Crippen LogP contribution in [0, 0.1) is 0 Å². The fourth-order valence-electron chi connectivity index (χ4n) is 4.02. The summed E-state index contributed by atoms with van der Waals surface area (Å²) in [5.41, 5.74) is 1.33. The van der Waals surface area contributed by atoms with Gasteiger partial charge in [-0.1, -0.05) is 40.0 Å². The molecule has 4 atom stereocenters. The van der Waals surface area contributed by atoms with Crippen LogP contribution in [0.1, 0.15) is 65.0 Å². The zero-order chi connectivity index (χ0) is 23.7. The standard InChI is InChI=1S/C24H39N3O5S/c1-5-8-13-29-16-19-21(30-14-9-6-2)22(31-15-10-7-3)24(28,32-19)20-12-11-18-23(33-4)25-17-26-27(18)20/h11-12,17,19,21-22,28H,5-10,13-16H2,1-4H3/t19-,21-,22-,24+/m1/s1. The van der Waals surface area contributed by atoms with Crippen LogP contribution < -0.4 is 0 Å². The van der Waals surface area contributed by atoms with Crippen LogP contribution in [0.15, 0.2) is 23.5 Å². The molecule has 0 amide bonds. The highest BCUT2D eigenvalue weighted by Gasteiger charge is 2.58. The zero-order valence-electron chi connectivity index (χ0n) is 20.4. The second-order valence-electron chi connectivity index (χ2n) is 8.40. The molecule has 1 fully saturated rings. The van der Waals surface area contributed by atoms with Gasteiger partial charge in [0, 0.05) is 19.8 Å². The quantitative estimate of drug-likeness (QED) is 0.299. The predicted molar refractivity (Wildman–Crippen MR) is 129 cm³/mol. The Balaban J connectivity index is 1.95. The zero-order valence-corrected chi connectivity index (χ0v) is 21.2. The molecule has 9 heteroatoms. The van der Waals surface area contributed by atoms with E-state index in [-0.39, 0.29) is 0 Å². The van der Waals surface area contributed by atoms with Crippen LogP contribution in [0.4, 0.5) is 0 Å². The average molecular weight is 482 g/mol. The SMILES string of the molecule is CCCCOC[C@H]1O[C@@](O)(c2ccc3c(SC)ncnn23)[C@H](OCCCC)[C@@H]1OCCCC. The third-order valence-electron chi connectivity index (χ3n) is 5.89. The van der Waals surface area contributed by atoms with Gasteiger partial charge in [-0.3, -0.25) is 0 Å². The van der Waals surface area contributed by atoms with E-state index in [9.17, 15) is 5.11 Å². The van der Waals surface area contributed by atoms with Crippen molar-refractivity contribution in [2.24, 2.45) is 0 Å². The van der Waals surface area contributed by atoms with Gasteiger partial charge in [-0.2, -0.15) is 5.10 Å². The molecule has 1 N–H and O–H groups in total. The third-order valence-corrected chi connectivity index (χ3v) is 6.59. The number of aliphatic hydroxyl groups is 1. The van der Waals surface area contributed by atoms with E-state index in [0.717, 1.165) is 49.1 Å². The van der Waals surface area contributed by atoms with E-state index in [1.54, 1.807) is 4.52 Å². The number of ether oxygens (including phenoxy) is 4. The Morgan fingerprint density at radius 1 is 1.06 bits per heavy atom. The molecule has 0 spiro atoms. The molecule has 1 saturated heterocycles. The molecule has 0 radical (unpaired) electrons. The number of fused-ring (bicyclic) bond motifs is 1. The molecule has 33 heavy (non-hydrogen) atoms. The van der Waals surface area contributed by atoms with Gasteiger partial charge in [0.1, 0.15) is 35.4 Å². The summed E-state index contributed by atoms with van der Waals surface area (Å²) < 4.78 is 26.5. The van der Waals surface area contributed by atoms with E-state index in [2.05, 4.69) is 30.9 Å². The van der Waals surface area contributed by atoms with Gasteiger partial charge in [0.15, 0.2) is 0 Å². The van der Waals surface area contributed by atoms with Crippen molar-refractivity contribution in [1.29, 1.82) is 0 Å². The summed E-state index contributed by atoms with van der Waals surface area (Å²) in [6.45, 7) is 8.44. The first kappa shape index (κ1) is 26.4. The first-order valence-electron chi connectivity index (χ1n) is 12.2. The molecule has 0 aliphatic carbocycles. The minimum absolute atomic E-state index is 0.334. The number of rotatable bonds is 15. The molecule has 3 rings (SSSR count). The molecule has 0 unspecified atom stereocenters. The second-order valence-corrected chi connectivity index (χ2v) is 9.19. The Bertz CT molecular complexity index is 851. The van der Waals surface area contributed by atoms with E-state index in [1.807, 2.05) is 18.4 Å². The molecule has 8 nitrogen and oxygen atoms in total. The average Bonchev–Trinajstić information content (AvgIpc) is 3.37. The van der Waals surface area contributed by atoms with Crippen LogP contribution in [-0.2, 0) is 24.7 Å². The van der Waals surface area contributed by atoms with Crippen LogP contribution in [0.5, 0.6) is 0 Å². The number of nitrogens with zero attached hydrogens (tertiary/aromatic N) is 3. The minimum atomic E-state index is -1.72. The molecule has 1 aliphatic rings. The van der Waals surface area contributed by atoms with Gasteiger partial charge in [-0.05, 0) is 37.7 Å². The summed E-state index contributed by atoms with van der Waals surface area (Å²) in [5, 5.41) is 17.2. The van der Waals surface area contributed by atoms with Gasteiger partial charge < -0.3 is 24.1 Å². The second kappa shape index (κ2) is 13.0. The topological polar surface area (TPSA) is 87.3 Å². The Labute approximate surface area is 201 Å². The lowest BCUT2D eigenvalue weighted by Crippen LogP contribution is -2.45. The van der Waals surface area contributed by atoms with Crippen molar-refractivity contribution >= 4 is 17.3 Å². The Morgan fingerprint density at radius 2 is 1.76 bits per heavy atom. The van der Waals surface area contributed by atoms with Crippen molar-refractivity contribution in [2.45, 2.75) is 88.4 Å². The van der Waals surface area contributed by atoms with Crippen molar-refractivity contribution in [3.63, 3.8) is 0 Å². The molecule has 186 valence electrons. The van der Waals surface area contributed by atoms with E-state index in [4.69, 9.17) is 18.9 Å². The first-order valence-corrected chi connectivity index (χ1v) is 13.4. The summed E-state index contributed by atoms with van der Waals surface area (Å²) in [6, 6.07) is 3.74. The van der Waals surface area contributed by atoms with Gasteiger partial charge >= 0.3 is 0 Å². The highest BCUT2D eigenvalue weighted by molar-refractivity contribution is 7.98.